The number of carboxylic acid groups (broad SMARTS) is 1. The molecule has 5 nitrogen and oxygen atoms in total. The number of ether oxygens (including phenoxy) is 1. The van der Waals surface area contributed by atoms with Crippen molar-refractivity contribution in [2.45, 2.75) is 49.6 Å². The molecule has 1 heterocycles. The molecule has 1 aliphatic heterocycles. The molecule has 2 atom stereocenters. The highest BCUT2D eigenvalue weighted by Gasteiger charge is 2.39. The van der Waals surface area contributed by atoms with Gasteiger partial charge < -0.3 is 14.7 Å². The first kappa shape index (κ1) is 18.8. The summed E-state index contributed by atoms with van der Waals surface area (Å²) in [4.78, 5) is 26.2. The van der Waals surface area contributed by atoms with Crippen molar-refractivity contribution in [1.29, 1.82) is 0 Å². The van der Waals surface area contributed by atoms with Crippen molar-refractivity contribution in [3.63, 3.8) is 0 Å². The average molecular weight is 351 g/mol. The van der Waals surface area contributed by atoms with Crippen molar-refractivity contribution in [3.05, 3.63) is 29.8 Å². The zero-order chi connectivity index (χ0) is 17.9. The molecule has 6 heteroatoms. The van der Waals surface area contributed by atoms with Gasteiger partial charge in [-0.2, -0.15) is 0 Å². The van der Waals surface area contributed by atoms with Crippen LogP contribution in [0.1, 0.15) is 32.8 Å². The van der Waals surface area contributed by atoms with E-state index in [9.17, 15) is 14.7 Å². The Morgan fingerprint density at radius 2 is 1.92 bits per heavy atom. The van der Waals surface area contributed by atoms with Gasteiger partial charge in [-0.05, 0) is 23.1 Å². The van der Waals surface area contributed by atoms with Gasteiger partial charge >= 0.3 is 5.97 Å². The molecule has 132 valence electrons. The van der Waals surface area contributed by atoms with Crippen LogP contribution in [0.15, 0.2) is 29.2 Å². The second-order valence-corrected chi connectivity index (χ2v) is 8.11. The molecule has 0 aromatic heterocycles. The van der Waals surface area contributed by atoms with E-state index in [2.05, 4.69) is 32.9 Å². The molecule has 0 aliphatic carbocycles. The maximum absolute atomic E-state index is 12.4. The number of carbonyl (C=O) groups excluding carboxylic acids is 1. The van der Waals surface area contributed by atoms with E-state index in [0.29, 0.717) is 13.0 Å². The Morgan fingerprint density at radius 1 is 1.29 bits per heavy atom. The first-order valence-corrected chi connectivity index (χ1v) is 8.99. The third-order valence-corrected chi connectivity index (χ3v) is 5.28. The topological polar surface area (TPSA) is 66.8 Å². The van der Waals surface area contributed by atoms with E-state index >= 15 is 0 Å². The minimum absolute atomic E-state index is 0.0957. The van der Waals surface area contributed by atoms with Crippen LogP contribution in [-0.2, 0) is 19.7 Å². The third-order valence-electron chi connectivity index (χ3n) is 4.28. The molecule has 1 aromatic rings. The fourth-order valence-electron chi connectivity index (χ4n) is 2.76. The molecule has 0 saturated carbocycles. The number of carboxylic acids is 1. The molecular formula is C18H25NO4S. The van der Waals surface area contributed by atoms with Gasteiger partial charge in [-0.15, -0.1) is 11.8 Å². The van der Waals surface area contributed by atoms with Gasteiger partial charge in [0.15, 0.2) is 0 Å². The van der Waals surface area contributed by atoms with E-state index in [4.69, 9.17) is 4.74 Å². The summed E-state index contributed by atoms with van der Waals surface area (Å²) in [6, 6.07) is 7.38. The van der Waals surface area contributed by atoms with Gasteiger partial charge in [0.25, 0.3) is 0 Å². The predicted molar refractivity (Wildman–Crippen MR) is 94.4 cm³/mol. The number of carbonyl (C=O) groups is 2. The highest BCUT2D eigenvalue weighted by molar-refractivity contribution is 8.00. The molecule has 0 bridgehead atoms. The Labute approximate surface area is 147 Å². The molecular weight excluding hydrogens is 326 g/mol. The lowest BCUT2D eigenvalue weighted by molar-refractivity contribution is -0.147. The number of hydrogen-bond donors (Lipinski definition) is 1. The Hall–Kier alpha value is -1.53. The summed E-state index contributed by atoms with van der Waals surface area (Å²) in [7, 11) is 1.54. The van der Waals surface area contributed by atoms with Crippen LogP contribution in [0.4, 0.5) is 0 Å². The van der Waals surface area contributed by atoms with Gasteiger partial charge in [0.1, 0.15) is 6.04 Å². The fraction of sp³-hybridized carbons (Fsp3) is 0.556. The maximum atomic E-state index is 12.4. The Balaban J connectivity index is 1.96. The normalized spacial score (nSPS) is 21.1. The van der Waals surface area contributed by atoms with E-state index in [-0.39, 0.29) is 23.2 Å². The number of likely N-dealkylation sites (tertiary alicyclic amines) is 1. The summed E-state index contributed by atoms with van der Waals surface area (Å²) in [5, 5.41) is 9.28. The average Bonchev–Trinajstić information content (AvgIpc) is 2.97. The predicted octanol–water partition coefficient (Wildman–Crippen LogP) is 2.78. The van der Waals surface area contributed by atoms with Crippen molar-refractivity contribution >= 4 is 23.6 Å². The van der Waals surface area contributed by atoms with Gasteiger partial charge in [0, 0.05) is 25.0 Å². The van der Waals surface area contributed by atoms with Crippen LogP contribution < -0.4 is 0 Å². The molecule has 1 amide bonds. The second kappa shape index (κ2) is 7.57. The van der Waals surface area contributed by atoms with E-state index in [1.165, 1.54) is 22.2 Å². The minimum atomic E-state index is -0.970. The molecule has 1 aromatic carbocycles. The largest absolute Gasteiger partial charge is 0.480 e. The standard InChI is InChI=1S/C18H25NO4S/c1-18(2,3)12-5-7-14(8-6-12)24-11-16(20)19-10-13(23-4)9-15(19)17(21)22/h5-8,13,15H,9-11H2,1-4H3,(H,21,22). The van der Waals surface area contributed by atoms with Crippen LogP contribution in [0.25, 0.3) is 0 Å². The van der Waals surface area contributed by atoms with Gasteiger partial charge in [-0.3, -0.25) is 4.79 Å². The van der Waals surface area contributed by atoms with Gasteiger partial charge in [-0.25, -0.2) is 4.79 Å². The molecule has 24 heavy (non-hydrogen) atoms. The Morgan fingerprint density at radius 3 is 2.42 bits per heavy atom. The zero-order valence-corrected chi connectivity index (χ0v) is 15.4. The number of hydrogen-bond acceptors (Lipinski definition) is 4. The van der Waals surface area contributed by atoms with Crippen molar-refractivity contribution in [2.75, 3.05) is 19.4 Å². The van der Waals surface area contributed by atoms with Crippen LogP contribution in [0, 0.1) is 0 Å². The summed E-state index contributed by atoms with van der Waals surface area (Å²) in [5.74, 6) is -0.899. The summed E-state index contributed by atoms with van der Waals surface area (Å²) < 4.78 is 5.22. The van der Waals surface area contributed by atoms with Crippen molar-refractivity contribution in [3.8, 4) is 0 Å². The SMILES string of the molecule is COC1CC(C(=O)O)N(C(=O)CSc2ccc(C(C)(C)C)cc2)C1. The summed E-state index contributed by atoms with van der Waals surface area (Å²) in [5.41, 5.74) is 1.34. The molecule has 1 N–H and O–H groups in total. The Bertz CT molecular complexity index is 594. The van der Waals surface area contributed by atoms with Crippen molar-refractivity contribution in [2.24, 2.45) is 0 Å². The molecule has 2 rings (SSSR count). The highest BCUT2D eigenvalue weighted by atomic mass is 32.2. The molecule has 1 aliphatic rings. The number of benzene rings is 1. The van der Waals surface area contributed by atoms with Crippen LogP contribution in [-0.4, -0.2) is 53.4 Å². The van der Waals surface area contributed by atoms with Crippen LogP contribution >= 0.6 is 11.8 Å². The number of aliphatic carboxylic acids is 1. The van der Waals surface area contributed by atoms with Crippen LogP contribution in [0.5, 0.6) is 0 Å². The fourth-order valence-corrected chi connectivity index (χ4v) is 3.54. The molecule has 2 unspecified atom stereocenters. The quantitative estimate of drug-likeness (QED) is 0.826. The monoisotopic (exact) mass is 351 g/mol. The van der Waals surface area contributed by atoms with E-state index in [0.717, 1.165) is 4.90 Å². The van der Waals surface area contributed by atoms with E-state index < -0.39 is 12.0 Å². The summed E-state index contributed by atoms with van der Waals surface area (Å²) >= 11 is 1.43. The lowest BCUT2D eigenvalue weighted by Gasteiger charge is -2.21. The number of nitrogens with zero attached hydrogens (tertiary/aromatic N) is 1. The molecule has 1 saturated heterocycles. The summed E-state index contributed by atoms with van der Waals surface area (Å²) in [6.45, 7) is 6.81. The summed E-state index contributed by atoms with van der Waals surface area (Å²) in [6.07, 6.45) is 0.147. The maximum Gasteiger partial charge on any atom is 0.326 e. The highest BCUT2D eigenvalue weighted by Crippen LogP contribution is 2.27. The van der Waals surface area contributed by atoms with E-state index in [1.807, 2.05) is 12.1 Å². The molecule has 1 fully saturated rings. The third kappa shape index (κ3) is 4.51. The lowest BCUT2D eigenvalue weighted by atomic mass is 9.87. The first-order valence-electron chi connectivity index (χ1n) is 8.00. The van der Waals surface area contributed by atoms with Crippen LogP contribution in [0.3, 0.4) is 0 Å². The van der Waals surface area contributed by atoms with Crippen molar-refractivity contribution < 1.29 is 19.4 Å². The van der Waals surface area contributed by atoms with Crippen molar-refractivity contribution in [1.82, 2.24) is 4.90 Å². The molecule has 0 spiro atoms. The zero-order valence-electron chi connectivity index (χ0n) is 14.6. The van der Waals surface area contributed by atoms with Gasteiger partial charge in [-0.1, -0.05) is 32.9 Å². The second-order valence-electron chi connectivity index (χ2n) is 7.06. The van der Waals surface area contributed by atoms with Gasteiger partial charge in [0.2, 0.25) is 5.91 Å². The number of methoxy groups -OCH3 is 1. The Kier molecular flexibility index (Phi) is 5.93. The number of rotatable bonds is 5. The van der Waals surface area contributed by atoms with E-state index in [1.54, 1.807) is 7.11 Å². The smallest absolute Gasteiger partial charge is 0.326 e. The van der Waals surface area contributed by atoms with Crippen LogP contribution in [0.2, 0.25) is 0 Å². The number of thioether (sulfide) groups is 1. The first-order chi connectivity index (χ1) is 11.2. The number of amides is 1. The van der Waals surface area contributed by atoms with Gasteiger partial charge in [0.05, 0.1) is 11.9 Å². The molecule has 0 radical (unpaired) electrons. The minimum Gasteiger partial charge on any atom is -0.480 e. The lowest BCUT2D eigenvalue weighted by Crippen LogP contribution is -2.41.